The van der Waals surface area contributed by atoms with E-state index in [2.05, 4.69) is 29.2 Å². The van der Waals surface area contributed by atoms with Gasteiger partial charge >= 0.3 is 0 Å². The molecule has 0 radical (unpaired) electrons. The standard InChI is InChI=1S/C19H23NO3/c21-18-9-16-6-7-17(10-18)20(16)11-15(19-12-22-13-23-19)8-14-4-2-1-3-5-14/h1-5,12,15-17H,6-11,13H2. The van der Waals surface area contributed by atoms with Crippen LogP contribution in [0.5, 0.6) is 0 Å². The first kappa shape index (κ1) is 14.8. The van der Waals surface area contributed by atoms with Gasteiger partial charge in [-0.1, -0.05) is 30.3 Å². The van der Waals surface area contributed by atoms with E-state index in [9.17, 15) is 4.79 Å². The molecule has 0 aliphatic carbocycles. The molecule has 1 aromatic carbocycles. The lowest BCUT2D eigenvalue weighted by Gasteiger charge is -2.36. The molecule has 2 saturated heterocycles. The number of fused-ring (bicyclic) bond motifs is 2. The van der Waals surface area contributed by atoms with Crippen molar-refractivity contribution in [3.63, 3.8) is 0 Å². The molecule has 23 heavy (non-hydrogen) atoms. The van der Waals surface area contributed by atoms with Gasteiger partial charge in [-0.2, -0.15) is 0 Å². The van der Waals surface area contributed by atoms with E-state index in [1.807, 2.05) is 6.07 Å². The molecule has 3 aliphatic heterocycles. The van der Waals surface area contributed by atoms with Crippen LogP contribution in [0.3, 0.4) is 0 Å². The zero-order valence-corrected chi connectivity index (χ0v) is 13.3. The molecule has 1 aromatic rings. The summed E-state index contributed by atoms with van der Waals surface area (Å²) < 4.78 is 11.0. The zero-order valence-electron chi connectivity index (χ0n) is 13.3. The van der Waals surface area contributed by atoms with Crippen LogP contribution in [0.25, 0.3) is 0 Å². The number of carbonyl (C=O) groups is 1. The van der Waals surface area contributed by atoms with Crippen LogP contribution < -0.4 is 0 Å². The Hall–Kier alpha value is -1.81. The van der Waals surface area contributed by atoms with Gasteiger partial charge in [0.2, 0.25) is 6.79 Å². The Kier molecular flexibility index (Phi) is 4.08. The highest BCUT2D eigenvalue weighted by Gasteiger charge is 2.41. The highest BCUT2D eigenvalue weighted by atomic mass is 16.7. The number of rotatable bonds is 5. The molecule has 2 fully saturated rings. The lowest BCUT2D eigenvalue weighted by Crippen LogP contribution is -2.46. The monoisotopic (exact) mass is 313 g/mol. The lowest BCUT2D eigenvalue weighted by molar-refractivity contribution is -0.123. The van der Waals surface area contributed by atoms with Crippen molar-refractivity contribution in [1.29, 1.82) is 0 Å². The lowest BCUT2D eigenvalue weighted by atomic mass is 9.94. The molecular formula is C19H23NO3. The first-order chi connectivity index (χ1) is 11.3. The van der Waals surface area contributed by atoms with Gasteiger partial charge in [-0.05, 0) is 24.8 Å². The maximum absolute atomic E-state index is 11.8. The van der Waals surface area contributed by atoms with Crippen molar-refractivity contribution in [3.8, 4) is 0 Å². The van der Waals surface area contributed by atoms with Crippen LogP contribution in [0.1, 0.15) is 31.2 Å². The third kappa shape index (κ3) is 3.13. The van der Waals surface area contributed by atoms with Crippen LogP contribution in [0.4, 0.5) is 0 Å². The van der Waals surface area contributed by atoms with E-state index < -0.39 is 0 Å². The molecule has 122 valence electrons. The minimum atomic E-state index is 0.288. The summed E-state index contributed by atoms with van der Waals surface area (Å²) in [5, 5.41) is 0. The SMILES string of the molecule is O=C1CC2CCC(C1)N2CC(Cc1ccccc1)C1=COCO1. The second-order valence-corrected chi connectivity index (χ2v) is 6.86. The number of benzene rings is 1. The number of hydrogen-bond acceptors (Lipinski definition) is 4. The average Bonchev–Trinajstić information content (AvgIpc) is 3.16. The maximum atomic E-state index is 11.8. The first-order valence-corrected chi connectivity index (χ1v) is 8.55. The van der Waals surface area contributed by atoms with Crippen molar-refractivity contribution in [2.24, 2.45) is 5.92 Å². The fourth-order valence-corrected chi connectivity index (χ4v) is 4.23. The number of Topliss-reactive ketones (excluding diaryl/α,β-unsaturated/α-hetero) is 1. The average molecular weight is 313 g/mol. The zero-order chi connectivity index (χ0) is 15.6. The van der Waals surface area contributed by atoms with Crippen LogP contribution in [0.2, 0.25) is 0 Å². The van der Waals surface area contributed by atoms with Crippen LogP contribution >= 0.6 is 0 Å². The predicted molar refractivity (Wildman–Crippen MR) is 86.5 cm³/mol. The van der Waals surface area contributed by atoms with E-state index in [1.165, 1.54) is 5.56 Å². The molecule has 0 saturated carbocycles. The van der Waals surface area contributed by atoms with Gasteiger partial charge in [0.05, 0.1) is 0 Å². The van der Waals surface area contributed by atoms with Gasteiger partial charge in [-0.3, -0.25) is 9.69 Å². The molecule has 3 heterocycles. The summed E-state index contributed by atoms with van der Waals surface area (Å²) in [4.78, 5) is 14.4. The van der Waals surface area contributed by atoms with Gasteiger partial charge in [-0.25, -0.2) is 0 Å². The highest BCUT2D eigenvalue weighted by molar-refractivity contribution is 5.80. The summed E-state index contributed by atoms with van der Waals surface area (Å²) in [6, 6.07) is 11.4. The van der Waals surface area contributed by atoms with E-state index in [-0.39, 0.29) is 5.92 Å². The summed E-state index contributed by atoms with van der Waals surface area (Å²) in [5.41, 5.74) is 1.31. The molecule has 0 amide bonds. The molecule has 0 spiro atoms. The largest absolute Gasteiger partial charge is 0.462 e. The van der Waals surface area contributed by atoms with Crippen LogP contribution in [-0.4, -0.2) is 36.1 Å². The van der Waals surface area contributed by atoms with E-state index in [4.69, 9.17) is 9.47 Å². The number of hydrogen-bond donors (Lipinski definition) is 0. The molecule has 4 nitrogen and oxygen atoms in total. The minimum absolute atomic E-state index is 0.288. The van der Waals surface area contributed by atoms with Gasteiger partial charge in [0.25, 0.3) is 0 Å². The van der Waals surface area contributed by atoms with Crippen LogP contribution in [-0.2, 0) is 20.7 Å². The van der Waals surface area contributed by atoms with E-state index in [0.29, 0.717) is 24.7 Å². The van der Waals surface area contributed by atoms with Gasteiger partial charge in [0.1, 0.15) is 17.8 Å². The Morgan fingerprint density at radius 1 is 1.13 bits per heavy atom. The third-order valence-corrected chi connectivity index (χ3v) is 5.35. The van der Waals surface area contributed by atoms with Crippen molar-refractivity contribution < 1.29 is 14.3 Å². The number of piperidine rings is 1. The Balaban J connectivity index is 1.51. The quantitative estimate of drug-likeness (QED) is 0.838. The normalized spacial score (nSPS) is 28.2. The van der Waals surface area contributed by atoms with E-state index in [0.717, 1.165) is 44.4 Å². The summed E-state index contributed by atoms with van der Waals surface area (Å²) in [6.07, 6.45) is 6.48. The van der Waals surface area contributed by atoms with Crippen molar-refractivity contribution in [2.45, 2.75) is 44.2 Å². The first-order valence-electron chi connectivity index (χ1n) is 8.55. The summed E-state index contributed by atoms with van der Waals surface area (Å²) >= 11 is 0. The topological polar surface area (TPSA) is 38.8 Å². The van der Waals surface area contributed by atoms with Crippen molar-refractivity contribution in [1.82, 2.24) is 4.90 Å². The summed E-state index contributed by atoms with van der Waals surface area (Å²) in [6.45, 7) is 1.28. The second-order valence-electron chi connectivity index (χ2n) is 6.86. The molecule has 3 atom stereocenters. The van der Waals surface area contributed by atoms with E-state index in [1.54, 1.807) is 6.26 Å². The fourth-order valence-electron chi connectivity index (χ4n) is 4.23. The number of ether oxygens (including phenoxy) is 2. The van der Waals surface area contributed by atoms with Gasteiger partial charge in [0.15, 0.2) is 0 Å². The number of nitrogens with zero attached hydrogens (tertiary/aromatic N) is 1. The molecule has 4 rings (SSSR count). The molecular weight excluding hydrogens is 290 g/mol. The van der Waals surface area contributed by atoms with Gasteiger partial charge in [-0.15, -0.1) is 0 Å². The predicted octanol–water partition coefficient (Wildman–Crippen LogP) is 2.89. The third-order valence-electron chi connectivity index (χ3n) is 5.35. The molecule has 4 heteroatoms. The Morgan fingerprint density at radius 3 is 2.52 bits per heavy atom. The smallest absolute Gasteiger partial charge is 0.229 e. The number of ketones is 1. The second kappa shape index (κ2) is 6.36. The van der Waals surface area contributed by atoms with E-state index >= 15 is 0 Å². The molecule has 3 aliphatic rings. The van der Waals surface area contributed by atoms with Crippen molar-refractivity contribution in [2.75, 3.05) is 13.3 Å². The van der Waals surface area contributed by atoms with Crippen molar-refractivity contribution in [3.05, 3.63) is 47.9 Å². The van der Waals surface area contributed by atoms with Gasteiger partial charge in [0, 0.05) is 37.4 Å². The molecule has 0 aromatic heterocycles. The van der Waals surface area contributed by atoms with Crippen molar-refractivity contribution >= 4 is 5.78 Å². The Morgan fingerprint density at radius 2 is 1.87 bits per heavy atom. The summed E-state index contributed by atoms with van der Waals surface area (Å²) in [5.74, 6) is 1.68. The van der Waals surface area contributed by atoms with Crippen LogP contribution in [0, 0.1) is 5.92 Å². The molecule has 0 N–H and O–H groups in total. The van der Waals surface area contributed by atoms with Gasteiger partial charge < -0.3 is 9.47 Å². The maximum Gasteiger partial charge on any atom is 0.229 e. The number of carbonyl (C=O) groups excluding carboxylic acids is 1. The molecule has 2 bridgehead atoms. The van der Waals surface area contributed by atoms with Crippen LogP contribution in [0.15, 0.2) is 42.4 Å². The summed E-state index contributed by atoms with van der Waals surface area (Å²) in [7, 11) is 0. The Labute approximate surface area is 137 Å². The molecule has 3 unspecified atom stereocenters. The highest BCUT2D eigenvalue weighted by Crippen LogP contribution is 2.36. The fraction of sp³-hybridized carbons (Fsp3) is 0.526. The Bertz CT molecular complexity index is 582. The minimum Gasteiger partial charge on any atom is -0.462 e.